The first-order valence-corrected chi connectivity index (χ1v) is 8.04. The third-order valence-corrected chi connectivity index (χ3v) is 4.40. The number of hydrogen-bond acceptors (Lipinski definition) is 4. The Morgan fingerprint density at radius 2 is 2.17 bits per heavy atom. The Kier molecular flexibility index (Phi) is 4.85. The highest BCUT2D eigenvalue weighted by molar-refractivity contribution is 5.92. The SMILES string of the molecule is Cc1cncc(C(=O)N2CC[C@H](O)[C@H](Cc3ccccc3F)C2)n1. The molecule has 2 heterocycles. The summed E-state index contributed by atoms with van der Waals surface area (Å²) >= 11 is 0. The van der Waals surface area contributed by atoms with E-state index in [9.17, 15) is 14.3 Å². The number of aliphatic hydroxyl groups excluding tert-OH is 1. The number of aliphatic hydroxyl groups is 1. The van der Waals surface area contributed by atoms with E-state index in [1.807, 2.05) is 0 Å². The fourth-order valence-electron chi connectivity index (χ4n) is 3.08. The molecule has 0 bridgehead atoms. The highest BCUT2D eigenvalue weighted by Crippen LogP contribution is 2.23. The van der Waals surface area contributed by atoms with Crippen LogP contribution in [0.5, 0.6) is 0 Å². The van der Waals surface area contributed by atoms with Crippen LogP contribution in [0.2, 0.25) is 0 Å². The van der Waals surface area contributed by atoms with Crippen LogP contribution in [-0.4, -0.2) is 45.1 Å². The minimum atomic E-state index is -0.544. The molecule has 1 N–H and O–H groups in total. The Balaban J connectivity index is 1.73. The van der Waals surface area contributed by atoms with E-state index in [-0.39, 0.29) is 17.6 Å². The van der Waals surface area contributed by atoms with Crippen molar-refractivity contribution in [2.45, 2.75) is 25.9 Å². The summed E-state index contributed by atoms with van der Waals surface area (Å²) in [6.07, 6.45) is 3.38. The van der Waals surface area contributed by atoms with Crippen molar-refractivity contribution < 1.29 is 14.3 Å². The lowest BCUT2D eigenvalue weighted by molar-refractivity contribution is 0.0235. The quantitative estimate of drug-likeness (QED) is 0.935. The van der Waals surface area contributed by atoms with Crippen LogP contribution in [0, 0.1) is 18.7 Å². The van der Waals surface area contributed by atoms with Crippen LogP contribution in [0.4, 0.5) is 4.39 Å². The lowest BCUT2D eigenvalue weighted by Gasteiger charge is -2.36. The van der Waals surface area contributed by atoms with Gasteiger partial charge in [-0.2, -0.15) is 0 Å². The van der Waals surface area contributed by atoms with E-state index in [2.05, 4.69) is 9.97 Å². The first-order valence-electron chi connectivity index (χ1n) is 8.04. The molecular formula is C18H20FN3O2. The van der Waals surface area contributed by atoms with Crippen molar-refractivity contribution in [2.75, 3.05) is 13.1 Å². The van der Waals surface area contributed by atoms with Crippen LogP contribution in [0.25, 0.3) is 0 Å². The Hall–Kier alpha value is -2.34. The average Bonchev–Trinajstić information content (AvgIpc) is 2.58. The molecule has 6 heteroatoms. The zero-order valence-electron chi connectivity index (χ0n) is 13.5. The predicted molar refractivity (Wildman–Crippen MR) is 86.9 cm³/mol. The van der Waals surface area contributed by atoms with E-state index in [0.717, 1.165) is 0 Å². The van der Waals surface area contributed by atoms with Gasteiger partial charge in [-0.1, -0.05) is 18.2 Å². The molecule has 2 atom stereocenters. The van der Waals surface area contributed by atoms with Gasteiger partial charge in [0.15, 0.2) is 0 Å². The molecule has 1 aromatic heterocycles. The van der Waals surface area contributed by atoms with Gasteiger partial charge in [0.25, 0.3) is 5.91 Å². The average molecular weight is 329 g/mol. The highest BCUT2D eigenvalue weighted by atomic mass is 19.1. The normalized spacial score (nSPS) is 20.9. The fraction of sp³-hybridized carbons (Fsp3) is 0.389. The molecule has 1 aliphatic rings. The molecule has 2 aromatic rings. The smallest absolute Gasteiger partial charge is 0.274 e. The molecule has 3 rings (SSSR count). The van der Waals surface area contributed by atoms with Crippen molar-refractivity contribution in [3.63, 3.8) is 0 Å². The van der Waals surface area contributed by atoms with Gasteiger partial charge in [0.05, 0.1) is 18.0 Å². The fourth-order valence-corrected chi connectivity index (χ4v) is 3.08. The molecular weight excluding hydrogens is 309 g/mol. The van der Waals surface area contributed by atoms with E-state index in [4.69, 9.17) is 0 Å². The molecule has 126 valence electrons. The van der Waals surface area contributed by atoms with E-state index in [0.29, 0.717) is 42.9 Å². The lowest BCUT2D eigenvalue weighted by atomic mass is 9.88. The maximum Gasteiger partial charge on any atom is 0.274 e. The van der Waals surface area contributed by atoms with Gasteiger partial charge < -0.3 is 10.0 Å². The monoisotopic (exact) mass is 329 g/mol. The molecule has 1 aromatic carbocycles. The van der Waals surface area contributed by atoms with Crippen LogP contribution in [-0.2, 0) is 6.42 Å². The first-order chi connectivity index (χ1) is 11.5. The molecule has 0 saturated carbocycles. The van der Waals surface area contributed by atoms with Crippen LogP contribution in [0.3, 0.4) is 0 Å². The molecule has 0 aliphatic carbocycles. The Bertz CT molecular complexity index is 738. The number of amides is 1. The maximum absolute atomic E-state index is 13.9. The van der Waals surface area contributed by atoms with Crippen LogP contribution < -0.4 is 0 Å². The molecule has 5 nitrogen and oxygen atoms in total. The number of hydrogen-bond donors (Lipinski definition) is 1. The number of carbonyl (C=O) groups excluding carboxylic acids is 1. The summed E-state index contributed by atoms with van der Waals surface area (Å²) in [7, 11) is 0. The van der Waals surface area contributed by atoms with Gasteiger partial charge in [-0.25, -0.2) is 9.37 Å². The van der Waals surface area contributed by atoms with Crippen LogP contribution >= 0.6 is 0 Å². The second-order valence-corrected chi connectivity index (χ2v) is 6.21. The third-order valence-electron chi connectivity index (χ3n) is 4.40. The number of rotatable bonds is 3. The van der Waals surface area contributed by atoms with Gasteiger partial charge in [-0.15, -0.1) is 0 Å². The molecule has 24 heavy (non-hydrogen) atoms. The summed E-state index contributed by atoms with van der Waals surface area (Å²) in [5.41, 5.74) is 1.54. The summed E-state index contributed by atoms with van der Waals surface area (Å²) in [6.45, 7) is 2.62. The Morgan fingerprint density at radius 3 is 2.92 bits per heavy atom. The van der Waals surface area contributed by atoms with E-state index in [1.54, 1.807) is 36.2 Å². The molecule has 1 saturated heterocycles. The lowest BCUT2D eigenvalue weighted by Crippen LogP contribution is -2.47. The molecule has 0 spiro atoms. The van der Waals surface area contributed by atoms with E-state index >= 15 is 0 Å². The molecule has 1 aliphatic heterocycles. The summed E-state index contributed by atoms with van der Waals surface area (Å²) < 4.78 is 13.9. The standard InChI is InChI=1S/C18H20FN3O2/c1-12-9-20-10-16(21-12)18(24)22-7-6-17(23)14(11-22)8-13-4-2-3-5-15(13)19/h2-5,9-10,14,17,23H,6-8,11H2,1H3/t14-,17+/m1/s1. The second-order valence-electron chi connectivity index (χ2n) is 6.21. The van der Waals surface area contributed by atoms with Gasteiger partial charge in [0, 0.05) is 25.2 Å². The first kappa shape index (κ1) is 16.5. The molecule has 0 unspecified atom stereocenters. The number of carbonyl (C=O) groups is 1. The summed E-state index contributed by atoms with van der Waals surface area (Å²) in [6, 6.07) is 6.55. The van der Waals surface area contributed by atoms with Crippen molar-refractivity contribution in [1.82, 2.24) is 14.9 Å². The Labute approximate surface area is 140 Å². The minimum Gasteiger partial charge on any atom is -0.393 e. The van der Waals surface area contributed by atoms with E-state index < -0.39 is 6.10 Å². The summed E-state index contributed by atoms with van der Waals surface area (Å²) in [5.74, 6) is -0.674. The van der Waals surface area contributed by atoms with Gasteiger partial charge in [-0.3, -0.25) is 9.78 Å². The van der Waals surface area contributed by atoms with Crippen LogP contribution in [0.1, 0.15) is 28.2 Å². The number of likely N-dealkylation sites (tertiary alicyclic amines) is 1. The van der Waals surface area contributed by atoms with Crippen molar-refractivity contribution in [3.8, 4) is 0 Å². The predicted octanol–water partition coefficient (Wildman–Crippen LogP) is 1.99. The molecule has 1 fully saturated rings. The van der Waals surface area contributed by atoms with Gasteiger partial charge in [-0.05, 0) is 31.4 Å². The topological polar surface area (TPSA) is 66.3 Å². The number of halogens is 1. The molecule has 1 amide bonds. The second kappa shape index (κ2) is 7.05. The summed E-state index contributed by atoms with van der Waals surface area (Å²) in [5, 5.41) is 10.2. The number of aryl methyl sites for hydroxylation is 1. The van der Waals surface area contributed by atoms with Crippen molar-refractivity contribution in [2.24, 2.45) is 5.92 Å². The number of aromatic nitrogens is 2. The zero-order chi connectivity index (χ0) is 17.1. The largest absolute Gasteiger partial charge is 0.393 e. The van der Waals surface area contributed by atoms with Crippen molar-refractivity contribution in [3.05, 3.63) is 59.4 Å². The summed E-state index contributed by atoms with van der Waals surface area (Å²) in [4.78, 5) is 22.5. The zero-order valence-corrected chi connectivity index (χ0v) is 13.5. The minimum absolute atomic E-state index is 0.197. The van der Waals surface area contributed by atoms with Crippen LogP contribution in [0.15, 0.2) is 36.7 Å². The highest BCUT2D eigenvalue weighted by Gasteiger charge is 2.31. The van der Waals surface area contributed by atoms with Crippen molar-refractivity contribution in [1.29, 1.82) is 0 Å². The van der Waals surface area contributed by atoms with Gasteiger partial charge in [0.2, 0.25) is 0 Å². The molecule has 0 radical (unpaired) electrons. The number of nitrogens with zero attached hydrogens (tertiary/aromatic N) is 3. The third kappa shape index (κ3) is 3.59. The number of benzene rings is 1. The van der Waals surface area contributed by atoms with Gasteiger partial charge in [0.1, 0.15) is 11.5 Å². The van der Waals surface area contributed by atoms with E-state index in [1.165, 1.54) is 12.3 Å². The maximum atomic E-state index is 13.9. The van der Waals surface area contributed by atoms with Crippen molar-refractivity contribution >= 4 is 5.91 Å². The Morgan fingerprint density at radius 1 is 1.38 bits per heavy atom. The number of piperidine rings is 1. The van der Waals surface area contributed by atoms with Gasteiger partial charge >= 0.3 is 0 Å².